The van der Waals surface area contributed by atoms with Gasteiger partial charge in [-0.1, -0.05) is 24.3 Å². The minimum absolute atomic E-state index is 0.0841. The van der Waals surface area contributed by atoms with Crippen molar-refractivity contribution in [2.45, 2.75) is 111 Å². The molecule has 3 N–H and O–H groups in total. The maximum Gasteiger partial charge on any atom is 0.410 e. The van der Waals surface area contributed by atoms with E-state index in [4.69, 9.17) is 14.2 Å². The molecule has 1 aliphatic heterocycles. The third kappa shape index (κ3) is 12.1. The molecular weight excluding hydrogens is 636 g/mol. The first-order chi connectivity index (χ1) is 23.6. The largest absolute Gasteiger partial charge is 0.494 e. The predicted octanol–water partition coefficient (Wildman–Crippen LogP) is 6.36. The van der Waals surface area contributed by atoms with E-state index in [2.05, 4.69) is 15.6 Å². The van der Waals surface area contributed by atoms with Crippen LogP contribution in [0.2, 0.25) is 0 Å². The molecule has 0 spiro atoms. The highest BCUT2D eigenvalue weighted by atomic mass is 16.6. The number of nitrogens with one attached hydrogen (secondary N) is 3. The Labute approximate surface area is 295 Å². The maximum atomic E-state index is 13.6. The molecule has 1 aromatic heterocycles. The van der Waals surface area contributed by atoms with E-state index in [0.717, 1.165) is 46.9 Å². The molecule has 3 aromatic rings. The third-order valence-corrected chi connectivity index (χ3v) is 8.47. The van der Waals surface area contributed by atoms with Crippen molar-refractivity contribution in [1.82, 2.24) is 20.5 Å². The number of rotatable bonds is 13. The van der Waals surface area contributed by atoms with Crippen LogP contribution in [0.25, 0.3) is 10.9 Å². The van der Waals surface area contributed by atoms with Crippen LogP contribution in [-0.2, 0) is 36.8 Å². The Morgan fingerprint density at radius 1 is 0.960 bits per heavy atom. The molecule has 1 saturated heterocycles. The minimum atomic E-state index is -0.865. The maximum absolute atomic E-state index is 13.6. The summed E-state index contributed by atoms with van der Waals surface area (Å²) in [5, 5.41) is 6.83. The molecule has 2 atom stereocenters. The number of amides is 3. The Bertz CT molecular complexity index is 1640. The van der Waals surface area contributed by atoms with E-state index in [0.29, 0.717) is 31.4 Å². The molecule has 272 valence electrons. The molecule has 2 heterocycles. The standard InChI is InChI=1S/C39H54N4O7/c1-26-14-15-30(48-20-18-27-11-10-19-43(25-27)37(47)50-39(5,6)7)21-28(26)23-41-36(46)33(22-29-24-40-32-13-9-8-12-31(29)32)42-34(44)16-17-35(45)49-38(2,3)4/h8-9,12-15,21,24,27,33,40H,10-11,16-20,22-23,25H2,1-7H3,(H,41,46)(H,42,44)/t27?,33-/m0/s1. The molecule has 1 unspecified atom stereocenters. The molecular formula is C39H54N4O7. The number of esters is 1. The average Bonchev–Trinajstić information content (AvgIpc) is 3.44. The van der Waals surface area contributed by atoms with Gasteiger partial charge in [-0.25, -0.2) is 4.79 Å². The Morgan fingerprint density at radius 2 is 1.70 bits per heavy atom. The van der Waals surface area contributed by atoms with E-state index in [-0.39, 0.29) is 37.8 Å². The van der Waals surface area contributed by atoms with Crippen molar-refractivity contribution in [2.24, 2.45) is 5.92 Å². The van der Waals surface area contributed by atoms with Crippen molar-refractivity contribution in [2.75, 3.05) is 19.7 Å². The first kappa shape index (κ1) is 38.3. The number of fused-ring (bicyclic) bond motifs is 1. The van der Waals surface area contributed by atoms with Gasteiger partial charge in [-0.2, -0.15) is 0 Å². The minimum Gasteiger partial charge on any atom is -0.494 e. The zero-order valence-electron chi connectivity index (χ0n) is 30.6. The van der Waals surface area contributed by atoms with Crippen LogP contribution in [-0.4, -0.2) is 70.7 Å². The smallest absolute Gasteiger partial charge is 0.410 e. The molecule has 0 radical (unpaired) electrons. The lowest BCUT2D eigenvalue weighted by molar-refractivity contribution is -0.155. The van der Waals surface area contributed by atoms with Crippen LogP contribution in [0.5, 0.6) is 5.75 Å². The second kappa shape index (κ2) is 16.9. The summed E-state index contributed by atoms with van der Waals surface area (Å²) in [6.45, 7) is 15.0. The quantitative estimate of drug-likeness (QED) is 0.178. The lowest BCUT2D eigenvalue weighted by Gasteiger charge is -2.34. The van der Waals surface area contributed by atoms with Gasteiger partial charge in [0.1, 0.15) is 23.0 Å². The fourth-order valence-electron chi connectivity index (χ4n) is 5.97. The number of hydrogen-bond acceptors (Lipinski definition) is 7. The van der Waals surface area contributed by atoms with Crippen LogP contribution < -0.4 is 15.4 Å². The number of nitrogens with zero attached hydrogens (tertiary/aromatic N) is 1. The Morgan fingerprint density at radius 3 is 2.44 bits per heavy atom. The highest BCUT2D eigenvalue weighted by molar-refractivity contribution is 5.90. The number of hydrogen-bond donors (Lipinski definition) is 3. The van der Waals surface area contributed by atoms with Gasteiger partial charge in [0.2, 0.25) is 11.8 Å². The SMILES string of the molecule is Cc1ccc(OCCC2CCCN(C(=O)OC(C)(C)C)C2)cc1CNC(=O)[C@H](Cc1c[nH]c2ccccc12)NC(=O)CCC(=O)OC(C)(C)C. The second-order valence-corrected chi connectivity index (χ2v) is 15.1. The van der Waals surface area contributed by atoms with Crippen LogP contribution in [0.1, 0.15) is 90.3 Å². The number of ether oxygens (including phenoxy) is 3. The Kier molecular flexibility index (Phi) is 12.9. The van der Waals surface area contributed by atoms with E-state index < -0.39 is 29.1 Å². The number of H-pyrrole nitrogens is 1. The van der Waals surface area contributed by atoms with Crippen molar-refractivity contribution in [3.05, 3.63) is 65.4 Å². The predicted molar refractivity (Wildman–Crippen MR) is 193 cm³/mol. The van der Waals surface area contributed by atoms with Crippen molar-refractivity contribution >= 4 is 34.8 Å². The summed E-state index contributed by atoms with van der Waals surface area (Å²) in [5.74, 6) is -0.184. The van der Waals surface area contributed by atoms with Gasteiger partial charge in [-0.05, 0) is 109 Å². The summed E-state index contributed by atoms with van der Waals surface area (Å²) in [6.07, 6.45) is 4.45. The van der Waals surface area contributed by atoms with E-state index in [1.807, 2.05) is 76.4 Å². The molecule has 50 heavy (non-hydrogen) atoms. The van der Waals surface area contributed by atoms with Crippen molar-refractivity contribution in [3.8, 4) is 5.75 Å². The second-order valence-electron chi connectivity index (χ2n) is 15.1. The van der Waals surface area contributed by atoms with E-state index in [9.17, 15) is 19.2 Å². The summed E-state index contributed by atoms with van der Waals surface area (Å²) in [6, 6.07) is 12.7. The highest BCUT2D eigenvalue weighted by Crippen LogP contribution is 2.24. The molecule has 2 aromatic carbocycles. The van der Waals surface area contributed by atoms with Gasteiger partial charge in [0.15, 0.2) is 0 Å². The number of aryl methyl sites for hydroxylation is 1. The van der Waals surface area contributed by atoms with Gasteiger partial charge >= 0.3 is 12.1 Å². The number of likely N-dealkylation sites (tertiary alicyclic amines) is 1. The average molecular weight is 691 g/mol. The Hall–Kier alpha value is -4.54. The van der Waals surface area contributed by atoms with Crippen molar-refractivity contribution < 1.29 is 33.4 Å². The van der Waals surface area contributed by atoms with Gasteiger partial charge in [-0.3, -0.25) is 14.4 Å². The number of piperidine rings is 1. The van der Waals surface area contributed by atoms with Crippen molar-refractivity contribution in [1.29, 1.82) is 0 Å². The summed E-state index contributed by atoms with van der Waals surface area (Å²) in [7, 11) is 0. The molecule has 11 nitrogen and oxygen atoms in total. The lowest BCUT2D eigenvalue weighted by atomic mass is 9.95. The summed E-state index contributed by atoms with van der Waals surface area (Å²) in [5.41, 5.74) is 2.55. The zero-order valence-corrected chi connectivity index (χ0v) is 30.6. The third-order valence-electron chi connectivity index (χ3n) is 8.47. The zero-order chi connectivity index (χ0) is 36.5. The monoisotopic (exact) mass is 690 g/mol. The molecule has 0 bridgehead atoms. The van der Waals surface area contributed by atoms with Crippen LogP contribution in [0.3, 0.4) is 0 Å². The van der Waals surface area contributed by atoms with Gasteiger partial charge in [0.05, 0.1) is 13.0 Å². The number of para-hydroxylation sites is 1. The van der Waals surface area contributed by atoms with E-state index in [1.54, 1.807) is 25.7 Å². The molecule has 3 amide bonds. The number of carbonyl (C=O) groups excluding carboxylic acids is 4. The van der Waals surface area contributed by atoms with Crippen LogP contribution >= 0.6 is 0 Å². The molecule has 1 fully saturated rings. The van der Waals surface area contributed by atoms with E-state index >= 15 is 0 Å². The fourth-order valence-corrected chi connectivity index (χ4v) is 5.97. The first-order valence-electron chi connectivity index (χ1n) is 17.6. The van der Waals surface area contributed by atoms with Crippen molar-refractivity contribution in [3.63, 3.8) is 0 Å². The molecule has 4 rings (SSSR count). The normalized spacial score (nSPS) is 15.7. The van der Waals surface area contributed by atoms with Crippen LogP contribution in [0.4, 0.5) is 4.79 Å². The summed E-state index contributed by atoms with van der Waals surface area (Å²) < 4.78 is 17.0. The topological polar surface area (TPSA) is 139 Å². The van der Waals surface area contributed by atoms with Gasteiger partial charge < -0.3 is 34.7 Å². The van der Waals surface area contributed by atoms with Crippen LogP contribution in [0, 0.1) is 12.8 Å². The fraction of sp³-hybridized carbons (Fsp3) is 0.538. The molecule has 11 heteroatoms. The summed E-state index contributed by atoms with van der Waals surface area (Å²) in [4.78, 5) is 56.4. The van der Waals surface area contributed by atoms with Crippen LogP contribution in [0.15, 0.2) is 48.7 Å². The van der Waals surface area contributed by atoms with E-state index in [1.165, 1.54) is 0 Å². The number of carbonyl (C=O) groups is 4. The number of aromatic amines is 1. The lowest BCUT2D eigenvalue weighted by Crippen LogP contribution is -2.48. The molecule has 0 aliphatic carbocycles. The molecule has 0 saturated carbocycles. The van der Waals surface area contributed by atoms with Gasteiger partial charge in [-0.15, -0.1) is 0 Å². The molecule has 1 aliphatic rings. The number of aromatic nitrogens is 1. The Balaban J connectivity index is 1.34. The summed E-state index contributed by atoms with van der Waals surface area (Å²) >= 11 is 0. The number of benzene rings is 2. The van der Waals surface area contributed by atoms with Gasteiger partial charge in [0.25, 0.3) is 0 Å². The highest BCUT2D eigenvalue weighted by Gasteiger charge is 2.28. The first-order valence-corrected chi connectivity index (χ1v) is 17.6. The van der Waals surface area contributed by atoms with Gasteiger partial charge in [0, 0.05) is 49.6 Å².